The van der Waals surface area contributed by atoms with Gasteiger partial charge in [0.1, 0.15) is 12.6 Å². The van der Waals surface area contributed by atoms with E-state index in [1.54, 1.807) is 18.2 Å². The average molecular weight is 629 g/mol. The normalized spacial score (nSPS) is 11.8. The third kappa shape index (κ3) is 8.76. The first-order valence-corrected chi connectivity index (χ1v) is 16.1. The molecule has 0 bridgehead atoms. The molecule has 1 atom stereocenters. The van der Waals surface area contributed by atoms with Gasteiger partial charge in [0.2, 0.25) is 11.8 Å². The number of carbonyl (C=O) groups excluding carboxylic acids is 2. The van der Waals surface area contributed by atoms with Crippen LogP contribution >= 0.6 is 0 Å². The SMILES string of the molecule is CCCCNC(=O)[C@@H](Cc1ccccc1)N(Cc1ccccc1)C(=O)CN(c1cccc([N+](=O)[O-])c1)S(=O)(=O)c1ccccc1. The standard InChI is InChI=1S/C34H36N4O6S/c1-2-3-22-35-34(40)32(23-27-14-7-4-8-15-27)36(25-28-16-9-5-10-17-28)33(39)26-37(29-18-13-19-30(24-29)38(41)42)45(43,44)31-20-11-6-12-21-31/h4-21,24,32H,2-3,22-23,25-26H2,1H3,(H,35,40)/t32-/m1/s1. The Morgan fingerprint density at radius 3 is 2.04 bits per heavy atom. The summed E-state index contributed by atoms with van der Waals surface area (Å²) in [7, 11) is -4.36. The van der Waals surface area contributed by atoms with Crippen molar-refractivity contribution in [3.8, 4) is 0 Å². The zero-order chi connectivity index (χ0) is 32.2. The van der Waals surface area contributed by atoms with Gasteiger partial charge < -0.3 is 10.2 Å². The first kappa shape index (κ1) is 32.9. The second kappa shape index (κ2) is 15.6. The van der Waals surface area contributed by atoms with Crippen molar-refractivity contribution in [1.82, 2.24) is 10.2 Å². The van der Waals surface area contributed by atoms with Crippen LogP contribution in [0.4, 0.5) is 11.4 Å². The van der Waals surface area contributed by atoms with E-state index < -0.39 is 33.4 Å². The fourth-order valence-electron chi connectivity index (χ4n) is 4.85. The molecule has 4 rings (SSSR count). The molecule has 0 heterocycles. The van der Waals surface area contributed by atoms with E-state index in [4.69, 9.17) is 0 Å². The summed E-state index contributed by atoms with van der Waals surface area (Å²) >= 11 is 0. The molecule has 45 heavy (non-hydrogen) atoms. The van der Waals surface area contributed by atoms with Crippen molar-refractivity contribution in [1.29, 1.82) is 0 Å². The Morgan fingerprint density at radius 2 is 1.44 bits per heavy atom. The second-order valence-corrected chi connectivity index (χ2v) is 12.3. The number of carbonyl (C=O) groups is 2. The quantitative estimate of drug-likeness (QED) is 0.107. The van der Waals surface area contributed by atoms with Crippen LogP contribution in [-0.4, -0.2) is 49.2 Å². The zero-order valence-corrected chi connectivity index (χ0v) is 25.8. The van der Waals surface area contributed by atoms with Crippen molar-refractivity contribution in [2.24, 2.45) is 0 Å². The summed E-state index contributed by atoms with van der Waals surface area (Å²) in [4.78, 5) is 40.4. The van der Waals surface area contributed by atoms with Crippen LogP contribution in [-0.2, 0) is 32.6 Å². The van der Waals surface area contributed by atoms with Crippen molar-refractivity contribution < 1.29 is 22.9 Å². The van der Waals surface area contributed by atoms with Gasteiger partial charge in [0.05, 0.1) is 15.5 Å². The van der Waals surface area contributed by atoms with Gasteiger partial charge in [-0.2, -0.15) is 0 Å². The van der Waals surface area contributed by atoms with Gasteiger partial charge in [-0.15, -0.1) is 0 Å². The van der Waals surface area contributed by atoms with Gasteiger partial charge in [0, 0.05) is 31.6 Å². The number of rotatable bonds is 15. The Bertz CT molecular complexity index is 1690. The summed E-state index contributed by atoms with van der Waals surface area (Å²) < 4.78 is 28.9. The molecule has 0 unspecified atom stereocenters. The Morgan fingerprint density at radius 1 is 0.844 bits per heavy atom. The minimum absolute atomic E-state index is 0.0343. The molecule has 2 amide bonds. The fourth-order valence-corrected chi connectivity index (χ4v) is 6.28. The van der Waals surface area contributed by atoms with Crippen LogP contribution in [0, 0.1) is 10.1 Å². The van der Waals surface area contributed by atoms with Gasteiger partial charge in [-0.25, -0.2) is 8.42 Å². The summed E-state index contributed by atoms with van der Waals surface area (Å²) in [5, 5.41) is 14.5. The number of nitrogens with one attached hydrogen (secondary N) is 1. The van der Waals surface area contributed by atoms with E-state index in [2.05, 4.69) is 5.32 Å². The van der Waals surface area contributed by atoms with Crippen LogP contribution in [0.2, 0.25) is 0 Å². The van der Waals surface area contributed by atoms with E-state index in [9.17, 15) is 28.1 Å². The van der Waals surface area contributed by atoms with E-state index in [-0.39, 0.29) is 35.1 Å². The molecule has 0 aliphatic rings. The Kier molecular flexibility index (Phi) is 11.4. The first-order chi connectivity index (χ1) is 21.7. The van der Waals surface area contributed by atoms with Crippen molar-refractivity contribution in [3.63, 3.8) is 0 Å². The topological polar surface area (TPSA) is 130 Å². The summed E-state index contributed by atoms with van der Waals surface area (Å²) in [5.74, 6) is -0.999. The largest absolute Gasteiger partial charge is 0.354 e. The molecular weight excluding hydrogens is 592 g/mol. The van der Waals surface area contributed by atoms with Crippen LogP contribution < -0.4 is 9.62 Å². The first-order valence-electron chi connectivity index (χ1n) is 14.7. The second-order valence-electron chi connectivity index (χ2n) is 10.5. The summed E-state index contributed by atoms with van der Waals surface area (Å²) in [6.07, 6.45) is 1.82. The highest BCUT2D eigenvalue weighted by molar-refractivity contribution is 7.92. The minimum atomic E-state index is -4.36. The number of nitro benzene ring substituents is 1. The Labute approximate surface area is 263 Å². The number of hydrogen-bond donors (Lipinski definition) is 1. The molecule has 0 fully saturated rings. The van der Waals surface area contributed by atoms with Crippen molar-refractivity contribution in [2.75, 3.05) is 17.4 Å². The molecule has 4 aromatic carbocycles. The molecule has 0 saturated heterocycles. The third-order valence-corrected chi connectivity index (χ3v) is 9.02. The third-order valence-electron chi connectivity index (χ3n) is 7.24. The maximum atomic E-state index is 14.4. The van der Waals surface area contributed by atoms with E-state index >= 15 is 0 Å². The lowest BCUT2D eigenvalue weighted by atomic mass is 10.0. The van der Waals surface area contributed by atoms with Gasteiger partial charge in [-0.3, -0.25) is 24.0 Å². The summed E-state index contributed by atoms with van der Waals surface area (Å²) in [6, 6.07) is 30.2. The van der Waals surface area contributed by atoms with Crippen LogP contribution in [0.3, 0.4) is 0 Å². The highest BCUT2D eigenvalue weighted by Crippen LogP contribution is 2.28. The molecule has 0 aliphatic carbocycles. The minimum Gasteiger partial charge on any atom is -0.354 e. The summed E-state index contributed by atoms with van der Waals surface area (Å²) in [5.41, 5.74) is 1.20. The molecule has 234 valence electrons. The van der Waals surface area contributed by atoms with Crippen LogP contribution in [0.25, 0.3) is 0 Å². The van der Waals surface area contributed by atoms with Crippen molar-refractivity contribution in [3.05, 3.63) is 137 Å². The number of nitrogens with zero attached hydrogens (tertiary/aromatic N) is 3. The molecule has 0 aliphatic heterocycles. The maximum Gasteiger partial charge on any atom is 0.271 e. The molecule has 4 aromatic rings. The molecular formula is C34H36N4O6S. The van der Waals surface area contributed by atoms with Gasteiger partial charge >= 0.3 is 0 Å². The summed E-state index contributed by atoms with van der Waals surface area (Å²) in [6.45, 7) is 1.77. The van der Waals surface area contributed by atoms with Crippen molar-refractivity contribution >= 4 is 33.2 Å². The predicted molar refractivity (Wildman–Crippen MR) is 173 cm³/mol. The number of non-ortho nitro benzene ring substituents is 1. The number of nitro groups is 1. The Balaban J connectivity index is 1.79. The zero-order valence-electron chi connectivity index (χ0n) is 25.0. The van der Waals surface area contributed by atoms with Crippen molar-refractivity contribution in [2.45, 2.75) is 43.7 Å². The number of amides is 2. The van der Waals surface area contributed by atoms with Gasteiger partial charge in [-0.1, -0.05) is 98.3 Å². The number of unbranched alkanes of at least 4 members (excludes halogenated alkanes) is 1. The number of sulfonamides is 1. The highest BCUT2D eigenvalue weighted by atomic mass is 32.2. The van der Waals surface area contributed by atoms with Gasteiger partial charge in [0.15, 0.2) is 0 Å². The molecule has 0 spiro atoms. The highest BCUT2D eigenvalue weighted by Gasteiger charge is 2.35. The smallest absolute Gasteiger partial charge is 0.271 e. The molecule has 0 aromatic heterocycles. The van der Waals surface area contributed by atoms with Gasteiger partial charge in [0.25, 0.3) is 15.7 Å². The van der Waals surface area contributed by atoms with Crippen LogP contribution in [0.1, 0.15) is 30.9 Å². The lowest BCUT2D eigenvalue weighted by Gasteiger charge is -2.34. The molecule has 10 nitrogen and oxygen atoms in total. The number of benzene rings is 4. The molecule has 11 heteroatoms. The molecule has 0 saturated carbocycles. The lowest BCUT2D eigenvalue weighted by Crippen LogP contribution is -2.53. The fraction of sp³-hybridized carbons (Fsp3) is 0.235. The molecule has 1 N–H and O–H groups in total. The maximum absolute atomic E-state index is 14.4. The van der Waals surface area contributed by atoms with E-state index in [0.717, 1.165) is 34.3 Å². The van der Waals surface area contributed by atoms with Crippen LogP contribution in [0.15, 0.2) is 120 Å². The predicted octanol–water partition coefficient (Wildman–Crippen LogP) is 5.35. The average Bonchev–Trinajstić information content (AvgIpc) is 3.06. The Hall–Kier alpha value is -5.03. The van der Waals surface area contributed by atoms with Crippen LogP contribution in [0.5, 0.6) is 0 Å². The monoisotopic (exact) mass is 628 g/mol. The van der Waals surface area contributed by atoms with E-state index in [0.29, 0.717) is 6.54 Å². The van der Waals surface area contributed by atoms with Gasteiger partial charge in [-0.05, 0) is 35.7 Å². The number of hydrogen-bond acceptors (Lipinski definition) is 6. The lowest BCUT2D eigenvalue weighted by molar-refractivity contribution is -0.384. The number of anilines is 1. The van der Waals surface area contributed by atoms with E-state index in [1.807, 2.05) is 67.6 Å². The van der Waals surface area contributed by atoms with E-state index in [1.165, 1.54) is 35.2 Å². The molecule has 0 radical (unpaired) electrons.